The fourth-order valence-electron chi connectivity index (χ4n) is 3.02. The fourth-order valence-corrected chi connectivity index (χ4v) is 3.02. The van der Waals surface area contributed by atoms with Crippen LogP contribution in [0.15, 0.2) is 48.7 Å². The van der Waals surface area contributed by atoms with Gasteiger partial charge in [0.25, 0.3) is 5.91 Å². The molecule has 0 aliphatic carbocycles. The van der Waals surface area contributed by atoms with E-state index in [2.05, 4.69) is 24.0 Å². The van der Waals surface area contributed by atoms with Crippen molar-refractivity contribution in [2.24, 2.45) is 5.92 Å². The Kier molecular flexibility index (Phi) is 3.84. The zero-order valence-electron chi connectivity index (χ0n) is 13.2. The third kappa shape index (κ3) is 2.56. The van der Waals surface area contributed by atoms with E-state index in [1.165, 1.54) is 5.56 Å². The SMILES string of the molecule is CC1CN(C(=O)c2ccnc(N(C)C)c2)C1c1ccccc1. The molecule has 1 amide bonds. The summed E-state index contributed by atoms with van der Waals surface area (Å²) < 4.78 is 0. The lowest BCUT2D eigenvalue weighted by molar-refractivity contribution is 0.0197. The number of hydrogen-bond acceptors (Lipinski definition) is 3. The number of hydrogen-bond donors (Lipinski definition) is 0. The first-order valence-electron chi connectivity index (χ1n) is 7.57. The molecule has 1 aromatic heterocycles. The Bertz CT molecular complexity index is 669. The van der Waals surface area contributed by atoms with Crippen molar-refractivity contribution in [3.8, 4) is 0 Å². The molecule has 2 unspecified atom stereocenters. The number of rotatable bonds is 3. The number of carbonyl (C=O) groups is 1. The van der Waals surface area contributed by atoms with Gasteiger partial charge in [0.15, 0.2) is 0 Å². The first kappa shape index (κ1) is 14.6. The molecule has 4 heteroatoms. The van der Waals surface area contributed by atoms with Crippen LogP contribution in [-0.4, -0.2) is 36.4 Å². The molecule has 1 aliphatic rings. The Balaban J connectivity index is 1.85. The molecule has 22 heavy (non-hydrogen) atoms. The molecule has 4 nitrogen and oxygen atoms in total. The highest BCUT2D eigenvalue weighted by atomic mass is 16.2. The molecule has 2 aromatic rings. The van der Waals surface area contributed by atoms with Gasteiger partial charge in [0.05, 0.1) is 6.04 Å². The fraction of sp³-hybridized carbons (Fsp3) is 0.333. The van der Waals surface area contributed by atoms with Crippen molar-refractivity contribution in [1.29, 1.82) is 0 Å². The van der Waals surface area contributed by atoms with Crippen molar-refractivity contribution in [1.82, 2.24) is 9.88 Å². The maximum atomic E-state index is 12.8. The Morgan fingerprint density at radius 3 is 2.59 bits per heavy atom. The average Bonchev–Trinajstić information content (AvgIpc) is 2.53. The highest BCUT2D eigenvalue weighted by Crippen LogP contribution is 2.39. The molecule has 114 valence electrons. The topological polar surface area (TPSA) is 36.4 Å². The van der Waals surface area contributed by atoms with Gasteiger partial charge < -0.3 is 9.80 Å². The average molecular weight is 295 g/mol. The van der Waals surface area contributed by atoms with Crippen molar-refractivity contribution >= 4 is 11.7 Å². The molecule has 0 N–H and O–H groups in total. The number of nitrogens with zero attached hydrogens (tertiary/aromatic N) is 3. The molecule has 2 heterocycles. The van der Waals surface area contributed by atoms with Gasteiger partial charge in [0, 0.05) is 32.4 Å². The lowest BCUT2D eigenvalue weighted by Crippen LogP contribution is -2.51. The van der Waals surface area contributed by atoms with Gasteiger partial charge in [0.1, 0.15) is 5.82 Å². The molecular weight excluding hydrogens is 274 g/mol. The summed E-state index contributed by atoms with van der Waals surface area (Å²) in [7, 11) is 3.85. The van der Waals surface area contributed by atoms with E-state index in [-0.39, 0.29) is 11.9 Å². The van der Waals surface area contributed by atoms with Crippen LogP contribution in [0.3, 0.4) is 0 Å². The van der Waals surface area contributed by atoms with Gasteiger partial charge in [-0.3, -0.25) is 4.79 Å². The van der Waals surface area contributed by atoms with Gasteiger partial charge in [0.2, 0.25) is 0 Å². The maximum Gasteiger partial charge on any atom is 0.254 e. The Labute approximate surface area is 131 Å². The van der Waals surface area contributed by atoms with Gasteiger partial charge in [-0.05, 0) is 23.6 Å². The minimum atomic E-state index is 0.0810. The number of benzene rings is 1. The van der Waals surface area contributed by atoms with Crippen molar-refractivity contribution in [3.05, 3.63) is 59.8 Å². The van der Waals surface area contributed by atoms with E-state index in [9.17, 15) is 4.79 Å². The maximum absolute atomic E-state index is 12.8. The van der Waals surface area contributed by atoms with Gasteiger partial charge in [-0.15, -0.1) is 0 Å². The van der Waals surface area contributed by atoms with Crippen LogP contribution in [0.25, 0.3) is 0 Å². The lowest BCUT2D eigenvalue weighted by atomic mass is 9.84. The minimum Gasteiger partial charge on any atom is -0.363 e. The number of likely N-dealkylation sites (tertiary alicyclic amines) is 1. The number of pyridine rings is 1. The third-order valence-corrected chi connectivity index (χ3v) is 4.21. The van der Waals surface area contributed by atoms with Crippen LogP contribution in [0, 0.1) is 5.92 Å². The summed E-state index contributed by atoms with van der Waals surface area (Å²) in [6, 6.07) is 14.1. The van der Waals surface area contributed by atoms with Crippen LogP contribution in [-0.2, 0) is 0 Å². The molecule has 0 bridgehead atoms. The Hall–Kier alpha value is -2.36. The summed E-state index contributed by atoms with van der Waals surface area (Å²) in [5.41, 5.74) is 1.91. The summed E-state index contributed by atoms with van der Waals surface area (Å²) in [6.07, 6.45) is 1.70. The smallest absolute Gasteiger partial charge is 0.254 e. The Morgan fingerprint density at radius 2 is 1.95 bits per heavy atom. The van der Waals surface area contributed by atoms with Gasteiger partial charge in [-0.1, -0.05) is 37.3 Å². The normalized spacial score (nSPS) is 20.4. The zero-order valence-corrected chi connectivity index (χ0v) is 13.2. The second kappa shape index (κ2) is 5.79. The van der Waals surface area contributed by atoms with Crippen LogP contribution in [0.4, 0.5) is 5.82 Å². The zero-order chi connectivity index (χ0) is 15.7. The molecule has 3 rings (SSSR count). The molecule has 1 aliphatic heterocycles. The lowest BCUT2D eigenvalue weighted by Gasteiger charge is -2.47. The van der Waals surface area contributed by atoms with E-state index in [0.717, 1.165) is 12.4 Å². The van der Waals surface area contributed by atoms with E-state index in [1.807, 2.05) is 48.2 Å². The Morgan fingerprint density at radius 1 is 1.23 bits per heavy atom. The van der Waals surface area contributed by atoms with Crippen LogP contribution in [0.2, 0.25) is 0 Å². The highest BCUT2D eigenvalue weighted by Gasteiger charge is 2.40. The summed E-state index contributed by atoms with van der Waals surface area (Å²) >= 11 is 0. The summed E-state index contributed by atoms with van der Waals surface area (Å²) in [6.45, 7) is 3.00. The van der Waals surface area contributed by atoms with Crippen molar-refractivity contribution in [3.63, 3.8) is 0 Å². The predicted molar refractivity (Wildman–Crippen MR) is 87.9 cm³/mol. The molecule has 1 aromatic carbocycles. The summed E-state index contributed by atoms with van der Waals surface area (Å²) in [4.78, 5) is 20.9. The van der Waals surface area contributed by atoms with E-state index in [4.69, 9.17) is 0 Å². The van der Waals surface area contributed by atoms with E-state index >= 15 is 0 Å². The number of anilines is 1. The van der Waals surface area contributed by atoms with Gasteiger partial charge in [-0.25, -0.2) is 4.98 Å². The monoisotopic (exact) mass is 295 g/mol. The van der Waals surface area contributed by atoms with Crippen molar-refractivity contribution in [2.75, 3.05) is 25.5 Å². The largest absolute Gasteiger partial charge is 0.363 e. The molecule has 0 radical (unpaired) electrons. The highest BCUT2D eigenvalue weighted by molar-refractivity contribution is 5.95. The molecule has 0 spiro atoms. The molecule has 1 saturated heterocycles. The predicted octanol–water partition coefficient (Wildman–Crippen LogP) is 2.98. The van der Waals surface area contributed by atoms with Crippen LogP contribution in [0.5, 0.6) is 0 Å². The molecule has 1 fully saturated rings. The molecule has 0 saturated carbocycles. The standard InChI is InChI=1S/C18H21N3O/c1-13-12-21(17(13)14-7-5-4-6-8-14)18(22)15-9-10-19-16(11-15)20(2)3/h4-11,13,17H,12H2,1-3H3. The number of amides is 1. The van der Waals surface area contributed by atoms with Crippen LogP contribution >= 0.6 is 0 Å². The van der Waals surface area contributed by atoms with Crippen LogP contribution < -0.4 is 4.90 Å². The second-order valence-electron chi connectivity index (χ2n) is 6.09. The first-order valence-corrected chi connectivity index (χ1v) is 7.57. The molecular formula is C18H21N3O. The van der Waals surface area contributed by atoms with Crippen LogP contribution in [0.1, 0.15) is 28.9 Å². The van der Waals surface area contributed by atoms with Crippen molar-refractivity contribution < 1.29 is 4.79 Å². The number of aromatic nitrogens is 1. The summed E-state index contributed by atoms with van der Waals surface area (Å²) in [5.74, 6) is 1.37. The first-order chi connectivity index (χ1) is 10.6. The van der Waals surface area contributed by atoms with Gasteiger partial charge >= 0.3 is 0 Å². The molecule has 2 atom stereocenters. The van der Waals surface area contributed by atoms with E-state index in [0.29, 0.717) is 11.5 Å². The van der Waals surface area contributed by atoms with E-state index in [1.54, 1.807) is 12.3 Å². The van der Waals surface area contributed by atoms with E-state index < -0.39 is 0 Å². The third-order valence-electron chi connectivity index (χ3n) is 4.21. The van der Waals surface area contributed by atoms with Crippen molar-refractivity contribution in [2.45, 2.75) is 13.0 Å². The number of carbonyl (C=O) groups excluding carboxylic acids is 1. The quantitative estimate of drug-likeness (QED) is 0.873. The summed E-state index contributed by atoms with van der Waals surface area (Å²) in [5, 5.41) is 0. The van der Waals surface area contributed by atoms with Gasteiger partial charge in [-0.2, -0.15) is 0 Å². The minimum absolute atomic E-state index is 0.0810. The second-order valence-corrected chi connectivity index (χ2v) is 6.09.